The molecule has 0 aliphatic carbocycles. The molecular formula is C21H24BrNO. The summed E-state index contributed by atoms with van der Waals surface area (Å²) in [5.41, 5.74) is 3.42. The summed E-state index contributed by atoms with van der Waals surface area (Å²) in [6.45, 7) is 7.37. The molecule has 3 rings (SSSR count). The van der Waals surface area contributed by atoms with Crippen molar-refractivity contribution in [3.63, 3.8) is 0 Å². The number of hydrogen-bond donors (Lipinski definition) is 0. The van der Waals surface area contributed by atoms with Crippen LogP contribution in [0.25, 0.3) is 0 Å². The van der Waals surface area contributed by atoms with Gasteiger partial charge in [0.1, 0.15) is 0 Å². The molecule has 0 N–H and O–H groups in total. The minimum Gasteiger partial charge on any atom is -0.335 e. The second-order valence-corrected chi connectivity index (χ2v) is 8.57. The first-order valence-electron chi connectivity index (χ1n) is 8.46. The highest BCUT2D eigenvalue weighted by Crippen LogP contribution is 2.36. The van der Waals surface area contributed by atoms with E-state index in [0.29, 0.717) is 0 Å². The van der Waals surface area contributed by atoms with Gasteiger partial charge in [-0.15, -0.1) is 0 Å². The number of benzene rings is 2. The number of carbonyl (C=O) groups excluding carboxylic acids is 1. The SMILES string of the molecule is Cc1ccc(C(=O)N2CC(C)(C)CC2Cc2ccc(Br)cc2)cc1. The van der Waals surface area contributed by atoms with Crippen LogP contribution >= 0.6 is 15.9 Å². The lowest BCUT2D eigenvalue weighted by Crippen LogP contribution is -2.37. The molecule has 0 spiro atoms. The van der Waals surface area contributed by atoms with E-state index < -0.39 is 0 Å². The van der Waals surface area contributed by atoms with Gasteiger partial charge >= 0.3 is 0 Å². The molecule has 0 saturated carbocycles. The fraction of sp³-hybridized carbons (Fsp3) is 0.381. The van der Waals surface area contributed by atoms with Crippen LogP contribution in [0.5, 0.6) is 0 Å². The summed E-state index contributed by atoms with van der Waals surface area (Å²) in [5.74, 6) is 0.155. The Balaban J connectivity index is 1.82. The van der Waals surface area contributed by atoms with Gasteiger partial charge in [-0.2, -0.15) is 0 Å². The molecule has 0 aromatic heterocycles. The van der Waals surface area contributed by atoms with Crippen LogP contribution in [0.3, 0.4) is 0 Å². The van der Waals surface area contributed by atoms with Gasteiger partial charge in [0.15, 0.2) is 0 Å². The number of nitrogens with zero attached hydrogens (tertiary/aromatic N) is 1. The van der Waals surface area contributed by atoms with E-state index >= 15 is 0 Å². The van der Waals surface area contributed by atoms with E-state index in [1.54, 1.807) is 0 Å². The molecule has 1 fully saturated rings. The van der Waals surface area contributed by atoms with Crippen molar-refractivity contribution >= 4 is 21.8 Å². The van der Waals surface area contributed by atoms with Gasteiger partial charge in [-0.3, -0.25) is 4.79 Å². The summed E-state index contributed by atoms with van der Waals surface area (Å²) >= 11 is 3.48. The average molecular weight is 386 g/mol. The maximum atomic E-state index is 13.0. The highest BCUT2D eigenvalue weighted by atomic mass is 79.9. The van der Waals surface area contributed by atoms with Crippen LogP contribution in [0.2, 0.25) is 0 Å². The lowest BCUT2D eigenvalue weighted by atomic mass is 9.89. The molecule has 24 heavy (non-hydrogen) atoms. The summed E-state index contributed by atoms with van der Waals surface area (Å²) < 4.78 is 1.09. The van der Waals surface area contributed by atoms with Gasteiger partial charge in [0.25, 0.3) is 5.91 Å². The minimum atomic E-state index is 0.155. The first-order chi connectivity index (χ1) is 11.3. The monoisotopic (exact) mass is 385 g/mol. The number of hydrogen-bond acceptors (Lipinski definition) is 1. The Morgan fingerprint density at radius 1 is 1.12 bits per heavy atom. The van der Waals surface area contributed by atoms with Crippen LogP contribution in [0.1, 0.15) is 41.8 Å². The predicted molar refractivity (Wildman–Crippen MR) is 102 cm³/mol. The highest BCUT2D eigenvalue weighted by molar-refractivity contribution is 9.10. The Labute approximate surface area is 153 Å². The zero-order valence-corrected chi connectivity index (χ0v) is 16.1. The van der Waals surface area contributed by atoms with E-state index in [9.17, 15) is 4.79 Å². The third-order valence-corrected chi connectivity index (χ3v) is 5.30. The molecule has 0 bridgehead atoms. The Morgan fingerprint density at radius 3 is 2.38 bits per heavy atom. The van der Waals surface area contributed by atoms with Crippen LogP contribution in [-0.2, 0) is 6.42 Å². The lowest BCUT2D eigenvalue weighted by Gasteiger charge is -2.25. The molecule has 1 aliphatic rings. The van der Waals surface area contributed by atoms with Crippen molar-refractivity contribution < 1.29 is 4.79 Å². The second-order valence-electron chi connectivity index (χ2n) is 7.65. The average Bonchev–Trinajstić information content (AvgIpc) is 2.84. The van der Waals surface area contributed by atoms with Crippen molar-refractivity contribution in [2.75, 3.05) is 6.54 Å². The van der Waals surface area contributed by atoms with E-state index in [4.69, 9.17) is 0 Å². The molecule has 1 amide bonds. The van der Waals surface area contributed by atoms with E-state index in [2.05, 4.69) is 58.9 Å². The van der Waals surface area contributed by atoms with Crippen molar-refractivity contribution in [1.29, 1.82) is 0 Å². The number of halogens is 1. The number of rotatable bonds is 3. The van der Waals surface area contributed by atoms with Crippen molar-refractivity contribution in [2.45, 2.75) is 39.7 Å². The summed E-state index contributed by atoms with van der Waals surface area (Å²) in [5, 5.41) is 0. The largest absolute Gasteiger partial charge is 0.335 e. The van der Waals surface area contributed by atoms with E-state index in [-0.39, 0.29) is 17.4 Å². The van der Waals surface area contributed by atoms with Crippen molar-refractivity contribution in [2.24, 2.45) is 5.41 Å². The maximum absolute atomic E-state index is 13.0. The van der Waals surface area contributed by atoms with Crippen LogP contribution < -0.4 is 0 Å². The molecular weight excluding hydrogens is 362 g/mol. The van der Waals surface area contributed by atoms with Crippen molar-refractivity contribution in [3.8, 4) is 0 Å². The lowest BCUT2D eigenvalue weighted by molar-refractivity contribution is 0.0726. The quantitative estimate of drug-likeness (QED) is 0.706. The standard InChI is InChI=1S/C21H24BrNO/c1-15-4-8-17(9-5-15)20(24)23-14-21(2,3)13-19(23)12-16-6-10-18(22)11-7-16/h4-11,19H,12-14H2,1-3H3. The summed E-state index contributed by atoms with van der Waals surface area (Å²) in [4.78, 5) is 15.1. The van der Waals surface area contributed by atoms with Gasteiger partial charge in [0, 0.05) is 22.6 Å². The van der Waals surface area contributed by atoms with Crippen LogP contribution in [0, 0.1) is 12.3 Å². The summed E-state index contributed by atoms with van der Waals surface area (Å²) in [6.07, 6.45) is 1.95. The Morgan fingerprint density at radius 2 is 1.75 bits per heavy atom. The molecule has 0 radical (unpaired) electrons. The van der Waals surface area contributed by atoms with Gasteiger partial charge in [0.2, 0.25) is 0 Å². The first-order valence-corrected chi connectivity index (χ1v) is 9.25. The zero-order valence-electron chi connectivity index (χ0n) is 14.6. The zero-order chi connectivity index (χ0) is 17.3. The topological polar surface area (TPSA) is 20.3 Å². The van der Waals surface area contributed by atoms with Gasteiger partial charge in [-0.25, -0.2) is 0 Å². The van der Waals surface area contributed by atoms with Crippen LogP contribution in [0.4, 0.5) is 0 Å². The molecule has 3 heteroatoms. The molecule has 2 aromatic rings. The highest BCUT2D eigenvalue weighted by Gasteiger charge is 2.40. The van der Waals surface area contributed by atoms with Gasteiger partial charge in [-0.05, 0) is 55.0 Å². The smallest absolute Gasteiger partial charge is 0.254 e. The van der Waals surface area contributed by atoms with E-state index in [1.165, 1.54) is 11.1 Å². The van der Waals surface area contributed by atoms with E-state index in [0.717, 1.165) is 29.4 Å². The first kappa shape index (κ1) is 17.2. The summed E-state index contributed by atoms with van der Waals surface area (Å²) in [7, 11) is 0. The Kier molecular flexibility index (Phi) is 4.82. The predicted octanol–water partition coefficient (Wildman–Crippen LogP) is 5.24. The van der Waals surface area contributed by atoms with Crippen molar-refractivity contribution in [1.82, 2.24) is 4.90 Å². The van der Waals surface area contributed by atoms with Crippen LogP contribution in [-0.4, -0.2) is 23.4 Å². The van der Waals surface area contributed by atoms with E-state index in [1.807, 2.05) is 31.2 Å². The minimum absolute atomic E-state index is 0.155. The molecule has 1 aliphatic heterocycles. The van der Waals surface area contributed by atoms with Crippen LogP contribution in [0.15, 0.2) is 53.0 Å². The molecule has 1 saturated heterocycles. The number of aryl methyl sites for hydroxylation is 1. The summed E-state index contributed by atoms with van der Waals surface area (Å²) in [6, 6.07) is 16.6. The number of carbonyl (C=O) groups is 1. The van der Waals surface area contributed by atoms with Crippen molar-refractivity contribution in [3.05, 3.63) is 69.7 Å². The third kappa shape index (κ3) is 3.89. The maximum Gasteiger partial charge on any atom is 0.254 e. The van der Waals surface area contributed by atoms with Gasteiger partial charge in [0.05, 0.1) is 0 Å². The number of likely N-dealkylation sites (tertiary alicyclic amines) is 1. The molecule has 2 aromatic carbocycles. The normalized spacial score (nSPS) is 19.5. The molecule has 1 heterocycles. The Bertz CT molecular complexity index is 719. The second kappa shape index (κ2) is 6.72. The molecule has 2 nitrogen and oxygen atoms in total. The Hall–Kier alpha value is -1.61. The van der Waals surface area contributed by atoms with Gasteiger partial charge < -0.3 is 4.90 Å². The fourth-order valence-electron chi connectivity index (χ4n) is 3.58. The molecule has 1 unspecified atom stereocenters. The van der Waals surface area contributed by atoms with Gasteiger partial charge in [-0.1, -0.05) is 59.6 Å². The third-order valence-electron chi connectivity index (χ3n) is 4.77. The fourth-order valence-corrected chi connectivity index (χ4v) is 3.84. The molecule has 126 valence electrons. The number of amides is 1. The molecule has 1 atom stereocenters.